The molecule has 114 valence electrons. The summed E-state index contributed by atoms with van der Waals surface area (Å²) < 4.78 is 66.2. The Balaban J connectivity index is 2.29. The van der Waals surface area contributed by atoms with Gasteiger partial charge in [0.05, 0.1) is 0 Å². The minimum absolute atomic E-state index is 0.0197. The van der Waals surface area contributed by atoms with Crippen molar-refractivity contribution in [2.24, 2.45) is 0 Å². The Kier molecular flexibility index (Phi) is 4.22. The number of hydrogen-bond donors (Lipinski definition) is 1. The number of thiophene rings is 1. The standard InChI is InChI=1S/C14H12F5NS/c1-14(2,7-4-3-5-21-7)6-20-13-11(18)9(16)8(15)10(17)12(13)19/h3-5,20H,6H2,1-2H3. The summed E-state index contributed by atoms with van der Waals surface area (Å²) in [5.74, 6) is -9.77. The fourth-order valence-corrected chi connectivity index (χ4v) is 2.67. The zero-order valence-corrected chi connectivity index (χ0v) is 12.1. The molecule has 0 aliphatic rings. The number of halogens is 5. The molecule has 0 aliphatic heterocycles. The van der Waals surface area contributed by atoms with Crippen LogP contribution in [0.3, 0.4) is 0 Å². The second-order valence-electron chi connectivity index (χ2n) is 5.16. The molecule has 2 aromatic rings. The van der Waals surface area contributed by atoms with Crippen LogP contribution >= 0.6 is 11.3 Å². The molecule has 0 saturated carbocycles. The molecule has 1 N–H and O–H groups in total. The maximum Gasteiger partial charge on any atom is 0.200 e. The van der Waals surface area contributed by atoms with E-state index in [1.165, 1.54) is 11.3 Å². The first-order chi connectivity index (χ1) is 9.75. The third-order valence-corrected chi connectivity index (χ3v) is 4.34. The van der Waals surface area contributed by atoms with Crippen LogP contribution in [0, 0.1) is 29.1 Å². The Morgan fingerprint density at radius 3 is 1.95 bits per heavy atom. The number of anilines is 1. The van der Waals surface area contributed by atoms with E-state index < -0.39 is 40.2 Å². The van der Waals surface area contributed by atoms with Crippen molar-refractivity contribution < 1.29 is 22.0 Å². The molecule has 1 aromatic carbocycles. The zero-order chi connectivity index (χ0) is 15.8. The third kappa shape index (κ3) is 2.88. The molecule has 7 heteroatoms. The normalized spacial score (nSPS) is 11.8. The molecule has 0 bridgehead atoms. The molecule has 2 rings (SSSR count). The lowest BCUT2D eigenvalue weighted by molar-refractivity contribution is 0.380. The van der Waals surface area contributed by atoms with Crippen molar-refractivity contribution in [1.29, 1.82) is 0 Å². The lowest BCUT2D eigenvalue weighted by atomic mass is 9.91. The number of benzene rings is 1. The van der Waals surface area contributed by atoms with Gasteiger partial charge >= 0.3 is 0 Å². The lowest BCUT2D eigenvalue weighted by Gasteiger charge is -2.24. The molecular weight excluding hydrogens is 309 g/mol. The predicted molar refractivity (Wildman–Crippen MR) is 72.1 cm³/mol. The molecule has 0 fully saturated rings. The van der Waals surface area contributed by atoms with Gasteiger partial charge in [-0.25, -0.2) is 22.0 Å². The molecule has 1 heterocycles. The first-order valence-electron chi connectivity index (χ1n) is 6.05. The van der Waals surface area contributed by atoms with Crippen LogP contribution in [-0.2, 0) is 5.41 Å². The highest BCUT2D eigenvalue weighted by Crippen LogP contribution is 2.31. The van der Waals surface area contributed by atoms with E-state index in [2.05, 4.69) is 5.32 Å². The maximum absolute atomic E-state index is 13.5. The minimum atomic E-state index is -2.16. The predicted octanol–water partition coefficient (Wildman–Crippen LogP) is 4.83. The van der Waals surface area contributed by atoms with E-state index in [4.69, 9.17) is 0 Å². The minimum Gasteiger partial charge on any atom is -0.379 e. The van der Waals surface area contributed by atoms with Crippen molar-refractivity contribution in [1.82, 2.24) is 0 Å². The summed E-state index contributed by atoms with van der Waals surface area (Å²) in [4.78, 5) is 0.930. The van der Waals surface area contributed by atoms with Crippen molar-refractivity contribution in [3.8, 4) is 0 Å². The van der Waals surface area contributed by atoms with E-state index in [0.29, 0.717) is 0 Å². The van der Waals surface area contributed by atoms with Gasteiger partial charge in [-0.3, -0.25) is 0 Å². The van der Waals surface area contributed by atoms with Gasteiger partial charge in [0, 0.05) is 16.8 Å². The quantitative estimate of drug-likeness (QED) is 0.483. The van der Waals surface area contributed by atoms with Crippen LogP contribution in [0.1, 0.15) is 18.7 Å². The molecule has 0 saturated heterocycles. The molecule has 0 radical (unpaired) electrons. The Labute approximate surface area is 122 Å². The Bertz CT molecular complexity index is 623. The van der Waals surface area contributed by atoms with Gasteiger partial charge in [-0.05, 0) is 11.4 Å². The first kappa shape index (κ1) is 15.8. The van der Waals surface area contributed by atoms with Crippen molar-refractivity contribution >= 4 is 17.0 Å². The Morgan fingerprint density at radius 1 is 0.952 bits per heavy atom. The molecule has 0 aliphatic carbocycles. The van der Waals surface area contributed by atoms with E-state index in [0.717, 1.165) is 4.88 Å². The summed E-state index contributed by atoms with van der Waals surface area (Å²) in [6, 6.07) is 3.66. The van der Waals surface area contributed by atoms with Crippen LogP contribution < -0.4 is 5.32 Å². The van der Waals surface area contributed by atoms with E-state index in [1.54, 1.807) is 13.8 Å². The average molecular weight is 321 g/mol. The summed E-state index contributed by atoms with van der Waals surface area (Å²) in [6.45, 7) is 3.63. The second kappa shape index (κ2) is 5.63. The van der Waals surface area contributed by atoms with E-state index in [-0.39, 0.29) is 6.54 Å². The van der Waals surface area contributed by atoms with Gasteiger partial charge in [-0.15, -0.1) is 11.3 Å². The van der Waals surface area contributed by atoms with Crippen molar-refractivity contribution in [2.75, 3.05) is 11.9 Å². The van der Waals surface area contributed by atoms with E-state index in [9.17, 15) is 22.0 Å². The summed E-state index contributed by atoms with van der Waals surface area (Å²) in [5.41, 5.74) is -1.52. The molecule has 21 heavy (non-hydrogen) atoms. The average Bonchev–Trinajstić information content (AvgIpc) is 2.98. The van der Waals surface area contributed by atoms with Gasteiger partial charge in [0.2, 0.25) is 5.82 Å². The highest BCUT2D eigenvalue weighted by atomic mass is 32.1. The highest BCUT2D eigenvalue weighted by molar-refractivity contribution is 7.10. The fraction of sp³-hybridized carbons (Fsp3) is 0.286. The van der Waals surface area contributed by atoms with E-state index >= 15 is 0 Å². The van der Waals surface area contributed by atoms with Crippen LogP contribution in [0.4, 0.5) is 27.6 Å². The van der Waals surface area contributed by atoms with Crippen molar-refractivity contribution in [2.45, 2.75) is 19.3 Å². The summed E-state index contributed by atoms with van der Waals surface area (Å²) >= 11 is 1.45. The highest BCUT2D eigenvalue weighted by Gasteiger charge is 2.28. The fourth-order valence-electron chi connectivity index (χ4n) is 1.82. The van der Waals surface area contributed by atoms with Crippen LogP contribution in [-0.4, -0.2) is 6.54 Å². The van der Waals surface area contributed by atoms with Gasteiger partial charge in [0.15, 0.2) is 23.3 Å². The molecule has 1 nitrogen and oxygen atoms in total. The molecule has 0 spiro atoms. The topological polar surface area (TPSA) is 12.0 Å². The third-order valence-electron chi connectivity index (χ3n) is 3.11. The van der Waals surface area contributed by atoms with E-state index in [1.807, 2.05) is 17.5 Å². The molecule has 1 aromatic heterocycles. The van der Waals surface area contributed by atoms with Gasteiger partial charge in [-0.2, -0.15) is 0 Å². The number of rotatable bonds is 4. The van der Waals surface area contributed by atoms with Crippen molar-refractivity contribution in [3.63, 3.8) is 0 Å². The largest absolute Gasteiger partial charge is 0.379 e. The first-order valence-corrected chi connectivity index (χ1v) is 6.93. The van der Waals surface area contributed by atoms with Gasteiger partial charge in [-0.1, -0.05) is 19.9 Å². The van der Waals surface area contributed by atoms with Gasteiger partial charge in [0.1, 0.15) is 5.69 Å². The molecule has 0 atom stereocenters. The summed E-state index contributed by atoms with van der Waals surface area (Å²) in [7, 11) is 0. The lowest BCUT2D eigenvalue weighted by Crippen LogP contribution is -2.27. The van der Waals surface area contributed by atoms with Crippen LogP contribution in [0.5, 0.6) is 0 Å². The Morgan fingerprint density at radius 2 is 1.48 bits per heavy atom. The van der Waals surface area contributed by atoms with Gasteiger partial charge < -0.3 is 5.32 Å². The molecule has 0 amide bonds. The summed E-state index contributed by atoms with van der Waals surface area (Å²) in [6.07, 6.45) is 0. The molecular formula is C14H12F5NS. The number of nitrogens with one attached hydrogen (secondary N) is 1. The second-order valence-corrected chi connectivity index (χ2v) is 6.11. The van der Waals surface area contributed by atoms with Crippen LogP contribution in [0.25, 0.3) is 0 Å². The van der Waals surface area contributed by atoms with Crippen molar-refractivity contribution in [3.05, 3.63) is 51.5 Å². The van der Waals surface area contributed by atoms with Gasteiger partial charge in [0.25, 0.3) is 0 Å². The van der Waals surface area contributed by atoms with Crippen LogP contribution in [0.15, 0.2) is 17.5 Å². The monoisotopic (exact) mass is 321 g/mol. The number of hydrogen-bond acceptors (Lipinski definition) is 2. The van der Waals surface area contributed by atoms with Crippen LogP contribution in [0.2, 0.25) is 0 Å². The molecule has 0 unspecified atom stereocenters. The summed E-state index contributed by atoms with van der Waals surface area (Å²) in [5, 5.41) is 4.17. The zero-order valence-electron chi connectivity index (χ0n) is 11.2. The Hall–Kier alpha value is -1.63. The smallest absolute Gasteiger partial charge is 0.200 e. The SMILES string of the molecule is CC(C)(CNc1c(F)c(F)c(F)c(F)c1F)c1cccs1. The maximum atomic E-state index is 13.5.